The third kappa shape index (κ3) is 2.22. The first-order chi connectivity index (χ1) is 12.4. The Morgan fingerprint density at radius 2 is 2.08 bits per heavy atom. The molecule has 140 valence electrons. The average Bonchev–Trinajstić information content (AvgIpc) is 2.81. The van der Waals surface area contributed by atoms with Crippen molar-refractivity contribution in [2.45, 2.75) is 70.5 Å². The first-order valence-corrected chi connectivity index (χ1v) is 10.0. The molecule has 3 aliphatic carbocycles. The van der Waals surface area contributed by atoms with Gasteiger partial charge < -0.3 is 15.3 Å². The van der Waals surface area contributed by atoms with Crippen LogP contribution in [0.25, 0.3) is 0 Å². The van der Waals surface area contributed by atoms with E-state index in [0.717, 1.165) is 25.7 Å². The van der Waals surface area contributed by atoms with Gasteiger partial charge in [-0.05, 0) is 79.5 Å². The van der Waals surface area contributed by atoms with Crippen LogP contribution in [0.3, 0.4) is 0 Å². The summed E-state index contributed by atoms with van der Waals surface area (Å²) in [5.74, 6) is 7.87. The van der Waals surface area contributed by atoms with Crippen molar-refractivity contribution in [3.63, 3.8) is 0 Å². The molecule has 0 amide bonds. The van der Waals surface area contributed by atoms with Crippen molar-refractivity contribution in [3.8, 4) is 17.6 Å². The van der Waals surface area contributed by atoms with Crippen LogP contribution in [0.1, 0.15) is 63.5 Å². The van der Waals surface area contributed by atoms with Crippen molar-refractivity contribution < 1.29 is 15.3 Å². The molecule has 0 bridgehead atoms. The summed E-state index contributed by atoms with van der Waals surface area (Å²) < 4.78 is 0. The van der Waals surface area contributed by atoms with Gasteiger partial charge in [-0.15, -0.1) is 5.92 Å². The summed E-state index contributed by atoms with van der Waals surface area (Å²) in [4.78, 5) is 0. The Morgan fingerprint density at radius 3 is 2.77 bits per heavy atom. The smallest absolute Gasteiger partial charge is 0.156 e. The molecular formula is C23H30O3. The number of aromatic hydroxyl groups is 1. The van der Waals surface area contributed by atoms with E-state index in [0.29, 0.717) is 29.9 Å². The van der Waals surface area contributed by atoms with E-state index in [1.165, 1.54) is 11.1 Å². The van der Waals surface area contributed by atoms with Gasteiger partial charge in [0.15, 0.2) is 5.60 Å². The van der Waals surface area contributed by atoms with Gasteiger partial charge >= 0.3 is 0 Å². The van der Waals surface area contributed by atoms with Crippen LogP contribution in [0.2, 0.25) is 0 Å². The van der Waals surface area contributed by atoms with Crippen molar-refractivity contribution in [1.82, 2.24) is 0 Å². The number of fused-ring (bicyclic) bond motifs is 5. The van der Waals surface area contributed by atoms with Crippen LogP contribution in [0.4, 0.5) is 0 Å². The van der Waals surface area contributed by atoms with E-state index in [1.54, 1.807) is 6.92 Å². The normalized spacial score (nSPS) is 43.7. The summed E-state index contributed by atoms with van der Waals surface area (Å²) in [5.41, 5.74) is 0.973. The summed E-state index contributed by atoms with van der Waals surface area (Å²) >= 11 is 0. The molecule has 3 N–H and O–H groups in total. The highest BCUT2D eigenvalue weighted by atomic mass is 16.3. The summed E-state index contributed by atoms with van der Waals surface area (Å²) in [5, 5.41) is 32.0. The molecule has 0 heterocycles. The SMILES string of the molecule is CC#C[C@]1(O)[C@H](O)CC2C3CCc4cc(O)ccc4C3[C@@H](CC)C[C@@]21C. The zero-order chi connectivity index (χ0) is 18.7. The maximum Gasteiger partial charge on any atom is 0.156 e. The maximum atomic E-state index is 11.4. The first kappa shape index (κ1) is 17.9. The number of rotatable bonds is 1. The molecular weight excluding hydrogens is 324 g/mol. The molecule has 0 aromatic heterocycles. The van der Waals surface area contributed by atoms with E-state index in [-0.39, 0.29) is 11.3 Å². The zero-order valence-corrected chi connectivity index (χ0v) is 16.0. The van der Waals surface area contributed by atoms with Crippen molar-refractivity contribution in [1.29, 1.82) is 0 Å². The molecule has 2 saturated carbocycles. The molecule has 1 aromatic rings. The first-order valence-electron chi connectivity index (χ1n) is 10.0. The van der Waals surface area contributed by atoms with Crippen molar-refractivity contribution in [2.24, 2.45) is 23.2 Å². The quantitative estimate of drug-likeness (QED) is 0.675. The molecule has 7 atom stereocenters. The van der Waals surface area contributed by atoms with Crippen LogP contribution in [0.5, 0.6) is 5.75 Å². The van der Waals surface area contributed by atoms with Crippen LogP contribution < -0.4 is 0 Å². The number of hydrogen-bond acceptors (Lipinski definition) is 3. The van der Waals surface area contributed by atoms with Crippen LogP contribution in [0.15, 0.2) is 18.2 Å². The summed E-state index contributed by atoms with van der Waals surface area (Å²) in [6, 6.07) is 5.84. The number of phenols is 1. The van der Waals surface area contributed by atoms with E-state index in [4.69, 9.17) is 0 Å². The monoisotopic (exact) mass is 354 g/mol. The van der Waals surface area contributed by atoms with Crippen molar-refractivity contribution >= 4 is 0 Å². The fourth-order valence-electron chi connectivity index (χ4n) is 6.70. The lowest BCUT2D eigenvalue weighted by atomic mass is 9.49. The fraction of sp³-hybridized carbons (Fsp3) is 0.652. The summed E-state index contributed by atoms with van der Waals surface area (Å²) in [7, 11) is 0. The van der Waals surface area contributed by atoms with Gasteiger partial charge in [0.2, 0.25) is 0 Å². The molecule has 0 saturated heterocycles. The summed E-state index contributed by atoms with van der Waals surface area (Å²) in [6.45, 7) is 6.13. The molecule has 3 aliphatic rings. The Balaban J connectivity index is 1.81. The third-order valence-corrected chi connectivity index (χ3v) is 7.89. The lowest BCUT2D eigenvalue weighted by Crippen LogP contribution is -2.55. The molecule has 2 fully saturated rings. The molecule has 3 unspecified atom stereocenters. The largest absolute Gasteiger partial charge is 0.508 e. The molecule has 0 spiro atoms. The molecule has 0 aliphatic heterocycles. The number of benzene rings is 1. The van der Waals surface area contributed by atoms with E-state index in [2.05, 4.69) is 31.8 Å². The number of aliphatic hydroxyl groups is 2. The molecule has 26 heavy (non-hydrogen) atoms. The molecule has 3 nitrogen and oxygen atoms in total. The van der Waals surface area contributed by atoms with E-state index in [9.17, 15) is 15.3 Å². The minimum atomic E-state index is -1.31. The predicted octanol–water partition coefficient (Wildman–Crippen LogP) is 3.61. The van der Waals surface area contributed by atoms with Crippen LogP contribution >= 0.6 is 0 Å². The van der Waals surface area contributed by atoms with Gasteiger partial charge in [0.25, 0.3) is 0 Å². The van der Waals surface area contributed by atoms with Gasteiger partial charge in [-0.2, -0.15) is 0 Å². The lowest BCUT2D eigenvalue weighted by Gasteiger charge is -2.55. The second kappa shape index (κ2) is 6.01. The maximum absolute atomic E-state index is 11.4. The highest BCUT2D eigenvalue weighted by Gasteiger charge is 2.66. The van der Waals surface area contributed by atoms with Gasteiger partial charge in [0, 0.05) is 5.41 Å². The van der Waals surface area contributed by atoms with Gasteiger partial charge in [-0.3, -0.25) is 0 Å². The minimum Gasteiger partial charge on any atom is -0.508 e. The standard InChI is InChI=1S/C23H30O3/c1-4-10-23(26)20(25)12-19-18-8-6-15-11-16(24)7-9-17(15)21(18)14(5-2)13-22(19,23)3/h7,9,11,14,18-21,24-26H,5-6,8,12-13H2,1-3H3/t14-,18?,19?,20+,21?,22-,23-/m0/s1. The summed E-state index contributed by atoms with van der Waals surface area (Å²) in [6.07, 6.45) is 3.81. The minimum absolute atomic E-state index is 0.276. The Kier molecular flexibility index (Phi) is 4.13. The third-order valence-electron chi connectivity index (χ3n) is 7.89. The van der Waals surface area contributed by atoms with Crippen LogP contribution in [-0.4, -0.2) is 27.0 Å². The average molecular weight is 354 g/mol. The fourth-order valence-corrected chi connectivity index (χ4v) is 6.70. The Hall–Kier alpha value is -1.50. The second-order valence-corrected chi connectivity index (χ2v) is 8.90. The highest BCUT2D eigenvalue weighted by Crippen LogP contribution is 2.66. The Morgan fingerprint density at radius 1 is 1.31 bits per heavy atom. The number of hydrogen-bond donors (Lipinski definition) is 3. The lowest BCUT2D eigenvalue weighted by molar-refractivity contribution is -0.113. The van der Waals surface area contributed by atoms with E-state index < -0.39 is 11.7 Å². The Labute approximate surface area is 156 Å². The van der Waals surface area contributed by atoms with Crippen LogP contribution in [0, 0.1) is 35.0 Å². The highest BCUT2D eigenvalue weighted by molar-refractivity contribution is 5.41. The second-order valence-electron chi connectivity index (χ2n) is 8.90. The van der Waals surface area contributed by atoms with Crippen molar-refractivity contribution in [2.75, 3.05) is 0 Å². The molecule has 1 aromatic carbocycles. The molecule has 3 heteroatoms. The van der Waals surface area contributed by atoms with E-state index in [1.807, 2.05) is 12.1 Å². The molecule has 4 rings (SSSR count). The van der Waals surface area contributed by atoms with Crippen LogP contribution in [-0.2, 0) is 6.42 Å². The van der Waals surface area contributed by atoms with Gasteiger partial charge in [-0.25, -0.2) is 0 Å². The van der Waals surface area contributed by atoms with E-state index >= 15 is 0 Å². The van der Waals surface area contributed by atoms with Gasteiger partial charge in [0.1, 0.15) is 5.75 Å². The number of aliphatic hydroxyl groups excluding tert-OH is 1. The predicted molar refractivity (Wildman–Crippen MR) is 102 cm³/mol. The molecule has 0 radical (unpaired) electrons. The number of aryl methyl sites for hydroxylation is 1. The topological polar surface area (TPSA) is 60.7 Å². The van der Waals surface area contributed by atoms with Gasteiger partial charge in [0.05, 0.1) is 6.10 Å². The van der Waals surface area contributed by atoms with Crippen molar-refractivity contribution in [3.05, 3.63) is 29.3 Å². The zero-order valence-electron chi connectivity index (χ0n) is 16.0. The van der Waals surface area contributed by atoms with Gasteiger partial charge in [-0.1, -0.05) is 32.3 Å². The number of phenolic OH excluding ortho intramolecular Hbond substituents is 1. The Bertz CT molecular complexity index is 775.